The van der Waals surface area contributed by atoms with E-state index in [1.54, 1.807) is 12.0 Å². The van der Waals surface area contributed by atoms with Gasteiger partial charge >= 0.3 is 0 Å². The molecule has 0 radical (unpaired) electrons. The summed E-state index contributed by atoms with van der Waals surface area (Å²) in [6, 6.07) is 6.18. The number of piperazine rings is 1. The van der Waals surface area contributed by atoms with E-state index in [1.165, 1.54) is 0 Å². The van der Waals surface area contributed by atoms with Crippen LogP contribution in [0.1, 0.15) is 40.1 Å². The highest BCUT2D eigenvalue weighted by molar-refractivity contribution is 6.30. The smallest absolute Gasteiger partial charge is 0.271 e. The number of carbonyl (C=O) groups excluding carboxylic acids is 1. The summed E-state index contributed by atoms with van der Waals surface area (Å²) in [6.45, 7) is 4.34. The van der Waals surface area contributed by atoms with Crippen LogP contribution in [0, 0.1) is 0 Å². The van der Waals surface area contributed by atoms with Crippen LogP contribution in [-0.2, 0) is 6.42 Å². The molecule has 34 heavy (non-hydrogen) atoms. The Morgan fingerprint density at radius 3 is 2.59 bits per heavy atom. The van der Waals surface area contributed by atoms with Crippen LogP contribution >= 0.6 is 11.6 Å². The zero-order valence-corrected chi connectivity index (χ0v) is 20.4. The molecule has 1 amide bonds. The summed E-state index contributed by atoms with van der Waals surface area (Å²) in [6.07, 6.45) is 2.53. The van der Waals surface area contributed by atoms with Gasteiger partial charge in [-0.25, -0.2) is 9.97 Å². The average Bonchev–Trinajstić information content (AvgIpc) is 2.88. The number of carbonyl (C=O) groups is 1. The van der Waals surface area contributed by atoms with Crippen LogP contribution in [0.5, 0.6) is 5.75 Å². The summed E-state index contributed by atoms with van der Waals surface area (Å²) in [5.74, 6) is 0.205. The van der Waals surface area contributed by atoms with Crippen LogP contribution in [0.25, 0.3) is 0 Å². The molecule has 9 nitrogen and oxygen atoms in total. The Labute approximate surface area is 210 Å². The van der Waals surface area contributed by atoms with Crippen molar-refractivity contribution in [3.05, 3.63) is 34.7 Å². The zero-order chi connectivity index (χ0) is 26.7. The summed E-state index contributed by atoms with van der Waals surface area (Å²) >= 11 is 6.22. The highest BCUT2D eigenvalue weighted by Crippen LogP contribution is 2.35. The molecule has 0 bridgehead atoms. The molecule has 0 saturated carbocycles. The third kappa shape index (κ3) is 5.37. The van der Waals surface area contributed by atoms with Crippen molar-refractivity contribution >= 4 is 34.7 Å². The van der Waals surface area contributed by atoms with Crippen LogP contribution < -0.4 is 20.7 Å². The second-order valence-corrected chi connectivity index (χ2v) is 8.99. The van der Waals surface area contributed by atoms with Gasteiger partial charge in [0.15, 0.2) is 16.7 Å². The summed E-state index contributed by atoms with van der Waals surface area (Å²) < 4.78 is 28.5. The SMILES string of the molecule is [2H]C([2H])([2H])N1CCN(C2CCN(c3ccc(Nc4nc(Cl)c(CC)nc4C(N)=O)cc3OC)CC2)CC1. The number of rotatable bonds is 7. The first-order chi connectivity index (χ1) is 17.6. The first kappa shape index (κ1) is 20.7. The molecule has 2 fully saturated rings. The van der Waals surface area contributed by atoms with Gasteiger partial charge < -0.3 is 25.6 Å². The normalized spacial score (nSPS) is 19.9. The summed E-state index contributed by atoms with van der Waals surface area (Å²) in [7, 11) is 1.63. The molecule has 1 aromatic carbocycles. The van der Waals surface area contributed by atoms with Gasteiger partial charge in [-0.3, -0.25) is 9.69 Å². The number of piperidine rings is 1. The van der Waals surface area contributed by atoms with Gasteiger partial charge in [0.1, 0.15) is 5.75 Å². The highest BCUT2D eigenvalue weighted by atomic mass is 35.5. The number of benzene rings is 1. The molecule has 3 N–H and O–H groups in total. The van der Waals surface area contributed by atoms with Gasteiger partial charge in [-0.2, -0.15) is 0 Å². The number of aromatic nitrogens is 2. The first-order valence-corrected chi connectivity index (χ1v) is 12.0. The lowest BCUT2D eigenvalue weighted by Crippen LogP contribution is -2.52. The first-order valence-electron chi connectivity index (χ1n) is 13.2. The lowest BCUT2D eigenvalue weighted by molar-refractivity contribution is 0.0981. The highest BCUT2D eigenvalue weighted by Gasteiger charge is 2.28. The van der Waals surface area contributed by atoms with E-state index in [1.807, 2.05) is 25.1 Å². The number of primary amides is 1. The maximum Gasteiger partial charge on any atom is 0.271 e. The van der Waals surface area contributed by atoms with E-state index in [-0.39, 0.29) is 16.7 Å². The number of aryl methyl sites for hydroxylation is 1. The van der Waals surface area contributed by atoms with E-state index in [0.29, 0.717) is 42.7 Å². The Balaban J connectivity index is 1.42. The standard InChI is InChI=1S/C24H34ClN7O2/c1-4-18-22(25)29-24(21(28-18)23(26)33)27-16-5-6-19(20(15-16)34-3)32-9-7-17(8-10-32)31-13-11-30(2)12-14-31/h5-6,15,17H,4,7-14H2,1-3H3,(H2,26,33)(H,27,29)/i2D3. The molecule has 184 valence electrons. The zero-order valence-electron chi connectivity index (χ0n) is 22.7. The fraction of sp³-hybridized carbons (Fsp3) is 0.542. The number of nitrogens with one attached hydrogen (secondary N) is 1. The van der Waals surface area contributed by atoms with Gasteiger partial charge in [0, 0.05) is 61.2 Å². The van der Waals surface area contributed by atoms with Crippen LogP contribution in [0.2, 0.25) is 5.15 Å². The van der Waals surface area contributed by atoms with Gasteiger partial charge in [0.2, 0.25) is 0 Å². The minimum Gasteiger partial charge on any atom is -0.495 e. The van der Waals surface area contributed by atoms with Crippen molar-refractivity contribution in [2.24, 2.45) is 5.73 Å². The van der Waals surface area contributed by atoms with Crippen LogP contribution in [0.4, 0.5) is 17.2 Å². The van der Waals surface area contributed by atoms with Gasteiger partial charge in [0.05, 0.1) is 18.5 Å². The molecule has 2 aromatic rings. The topological polar surface area (TPSA) is 99.9 Å². The Bertz CT molecular complexity index is 1120. The molecule has 0 unspecified atom stereocenters. The molecule has 2 saturated heterocycles. The van der Waals surface area contributed by atoms with Crippen molar-refractivity contribution in [2.75, 3.05) is 63.6 Å². The van der Waals surface area contributed by atoms with Gasteiger partial charge in [-0.15, -0.1) is 0 Å². The van der Waals surface area contributed by atoms with E-state index in [2.05, 4.69) is 25.1 Å². The maximum atomic E-state index is 12.0. The van der Waals surface area contributed by atoms with E-state index in [4.69, 9.17) is 26.2 Å². The number of halogens is 1. The maximum absolute atomic E-state index is 12.0. The second kappa shape index (κ2) is 10.8. The number of nitrogens with two attached hydrogens (primary N) is 1. The number of likely N-dealkylation sites (N-methyl/N-ethyl adjacent to an activating group) is 1. The number of anilines is 3. The lowest BCUT2D eigenvalue weighted by Gasteiger charge is -2.42. The van der Waals surface area contributed by atoms with Crippen LogP contribution in [0.3, 0.4) is 0 Å². The largest absolute Gasteiger partial charge is 0.495 e. The minimum atomic E-state index is -2.01. The van der Waals surface area contributed by atoms with Crippen molar-refractivity contribution in [3.63, 3.8) is 0 Å². The fourth-order valence-corrected chi connectivity index (χ4v) is 4.91. The number of ether oxygens (including phenoxy) is 1. The second-order valence-electron chi connectivity index (χ2n) is 8.63. The molecule has 0 aliphatic carbocycles. The quantitative estimate of drug-likeness (QED) is 0.611. The third-order valence-corrected chi connectivity index (χ3v) is 6.87. The Kier molecular flexibility index (Phi) is 6.56. The Hall–Kier alpha value is -2.62. The summed E-state index contributed by atoms with van der Waals surface area (Å²) in [5, 5.41) is 3.33. The summed E-state index contributed by atoms with van der Waals surface area (Å²) in [5.41, 5.74) is 7.72. The molecule has 0 atom stereocenters. The van der Waals surface area contributed by atoms with Gasteiger partial charge in [-0.1, -0.05) is 18.5 Å². The number of nitrogens with zero attached hydrogens (tertiary/aromatic N) is 5. The van der Waals surface area contributed by atoms with Gasteiger partial charge in [-0.05, 0) is 38.4 Å². The molecule has 4 rings (SSSR count). The van der Waals surface area contributed by atoms with Crippen molar-refractivity contribution < 1.29 is 13.6 Å². The number of hydrogen-bond acceptors (Lipinski definition) is 8. The molecule has 10 heteroatoms. The molecular formula is C24H34ClN7O2. The molecule has 1 aromatic heterocycles. The molecule has 2 aliphatic heterocycles. The van der Waals surface area contributed by atoms with E-state index >= 15 is 0 Å². The van der Waals surface area contributed by atoms with E-state index < -0.39 is 12.9 Å². The predicted molar refractivity (Wildman–Crippen MR) is 136 cm³/mol. The fourth-order valence-electron chi connectivity index (χ4n) is 4.65. The number of hydrogen-bond donors (Lipinski definition) is 2. The van der Waals surface area contributed by atoms with E-state index in [0.717, 1.165) is 44.7 Å². The van der Waals surface area contributed by atoms with Crippen molar-refractivity contribution in [2.45, 2.75) is 32.2 Å². The molecule has 2 aliphatic rings. The van der Waals surface area contributed by atoms with Crippen molar-refractivity contribution in [3.8, 4) is 5.75 Å². The lowest BCUT2D eigenvalue weighted by atomic mass is 10.0. The summed E-state index contributed by atoms with van der Waals surface area (Å²) in [4.78, 5) is 26.8. The number of methoxy groups -OCH3 is 1. The monoisotopic (exact) mass is 490 g/mol. The van der Waals surface area contributed by atoms with Crippen molar-refractivity contribution in [1.29, 1.82) is 0 Å². The van der Waals surface area contributed by atoms with Gasteiger partial charge in [0.25, 0.3) is 5.91 Å². The Morgan fingerprint density at radius 2 is 1.97 bits per heavy atom. The molecule has 0 spiro atoms. The van der Waals surface area contributed by atoms with Crippen LogP contribution in [0.15, 0.2) is 18.2 Å². The Morgan fingerprint density at radius 1 is 1.24 bits per heavy atom. The third-order valence-electron chi connectivity index (χ3n) is 6.57. The van der Waals surface area contributed by atoms with E-state index in [9.17, 15) is 4.79 Å². The predicted octanol–water partition coefficient (Wildman–Crippen LogP) is 2.76. The minimum absolute atomic E-state index is 0.0334. The average molecular weight is 491 g/mol. The molecule has 3 heterocycles. The van der Waals surface area contributed by atoms with Crippen molar-refractivity contribution in [1.82, 2.24) is 19.8 Å². The number of amides is 1. The van der Waals surface area contributed by atoms with Crippen LogP contribution in [-0.4, -0.2) is 85.1 Å². The molecular weight excluding hydrogens is 454 g/mol.